The van der Waals surface area contributed by atoms with E-state index in [4.69, 9.17) is 4.74 Å². The van der Waals surface area contributed by atoms with Crippen molar-refractivity contribution in [3.05, 3.63) is 36.4 Å². The van der Waals surface area contributed by atoms with Gasteiger partial charge in [0.15, 0.2) is 0 Å². The third-order valence-electron chi connectivity index (χ3n) is 2.96. The Labute approximate surface area is 123 Å². The fourth-order valence-electron chi connectivity index (χ4n) is 2.07. The molecule has 0 fully saturated rings. The Morgan fingerprint density at radius 3 is 2.90 bits per heavy atom. The summed E-state index contributed by atoms with van der Waals surface area (Å²) in [6, 6.07) is 10.9. The van der Waals surface area contributed by atoms with Crippen molar-refractivity contribution in [2.24, 2.45) is 0 Å². The summed E-state index contributed by atoms with van der Waals surface area (Å²) in [4.78, 5) is 0. The maximum Gasteiger partial charge on any atom is 0.127 e. The van der Waals surface area contributed by atoms with Crippen LogP contribution in [0.4, 0.5) is 0 Å². The third kappa shape index (κ3) is 2.34. The second kappa shape index (κ2) is 5.50. The second-order valence-corrected chi connectivity index (χ2v) is 5.02. The molecular formula is C14H12BrN3O2. The van der Waals surface area contributed by atoms with Gasteiger partial charge in [-0.2, -0.15) is 0 Å². The first-order valence-electron chi connectivity index (χ1n) is 6.11. The topological polar surface area (TPSA) is 71.0 Å². The molecule has 0 spiro atoms. The van der Waals surface area contributed by atoms with Crippen molar-refractivity contribution in [2.45, 2.75) is 0 Å². The molecule has 3 rings (SSSR count). The van der Waals surface area contributed by atoms with Crippen LogP contribution in [0.2, 0.25) is 0 Å². The van der Waals surface area contributed by atoms with Gasteiger partial charge in [-0.1, -0.05) is 33.3 Å². The van der Waals surface area contributed by atoms with Crippen LogP contribution in [0.25, 0.3) is 22.2 Å². The number of rotatable bonds is 4. The Morgan fingerprint density at radius 1 is 1.20 bits per heavy atom. The van der Waals surface area contributed by atoms with Crippen molar-refractivity contribution < 1.29 is 9.84 Å². The number of hydrogen-bond donors (Lipinski definition) is 2. The summed E-state index contributed by atoms with van der Waals surface area (Å²) in [6.45, 7) is 0.553. The lowest BCUT2D eigenvalue weighted by Gasteiger charge is -2.09. The number of benzene rings is 2. The Kier molecular flexibility index (Phi) is 3.56. The molecule has 102 valence electrons. The number of phenolic OH excluding ortho intramolecular Hbond substituents is 1. The van der Waals surface area contributed by atoms with Crippen molar-refractivity contribution in [2.75, 3.05) is 11.9 Å². The highest BCUT2D eigenvalue weighted by molar-refractivity contribution is 9.09. The lowest BCUT2D eigenvalue weighted by molar-refractivity contribution is 0.342. The number of hydrogen-bond acceptors (Lipinski definition) is 4. The number of fused-ring (bicyclic) bond motifs is 1. The third-order valence-corrected chi connectivity index (χ3v) is 3.29. The smallest absolute Gasteiger partial charge is 0.127 e. The van der Waals surface area contributed by atoms with Crippen LogP contribution in [-0.4, -0.2) is 32.5 Å². The molecule has 2 aromatic carbocycles. The van der Waals surface area contributed by atoms with Gasteiger partial charge >= 0.3 is 0 Å². The number of phenols is 1. The standard InChI is InChI=1S/C14H12BrN3O2/c15-6-7-20-9-4-5-10(13(19)8-9)11-2-1-3-12-14(11)17-18-16-12/h1-5,8,19H,6-7H2,(H,16,17,18). The van der Waals surface area contributed by atoms with Gasteiger partial charge in [0.2, 0.25) is 0 Å². The normalized spacial score (nSPS) is 10.8. The maximum atomic E-state index is 10.2. The number of aromatic amines is 1. The van der Waals surface area contributed by atoms with Crippen LogP contribution in [0, 0.1) is 0 Å². The Hall–Kier alpha value is -2.08. The van der Waals surface area contributed by atoms with Crippen LogP contribution in [0.3, 0.4) is 0 Å². The highest BCUT2D eigenvalue weighted by Crippen LogP contribution is 2.35. The summed E-state index contributed by atoms with van der Waals surface area (Å²) in [5.74, 6) is 0.797. The molecule has 0 atom stereocenters. The number of nitrogens with one attached hydrogen (secondary N) is 1. The summed E-state index contributed by atoms with van der Waals surface area (Å²) in [5.41, 5.74) is 3.11. The van der Waals surface area contributed by atoms with Gasteiger partial charge in [0.05, 0.1) is 12.1 Å². The van der Waals surface area contributed by atoms with E-state index in [0.29, 0.717) is 17.9 Å². The van der Waals surface area contributed by atoms with Crippen LogP contribution in [-0.2, 0) is 0 Å². The van der Waals surface area contributed by atoms with Crippen LogP contribution in [0.1, 0.15) is 0 Å². The van der Waals surface area contributed by atoms with Gasteiger partial charge in [-0.25, -0.2) is 0 Å². The van der Waals surface area contributed by atoms with Crippen LogP contribution in [0.15, 0.2) is 36.4 Å². The average molecular weight is 334 g/mol. The lowest BCUT2D eigenvalue weighted by Crippen LogP contribution is -1.97. The zero-order valence-electron chi connectivity index (χ0n) is 10.5. The van der Waals surface area contributed by atoms with E-state index in [1.165, 1.54) is 0 Å². The highest BCUT2D eigenvalue weighted by Gasteiger charge is 2.11. The molecule has 0 aliphatic carbocycles. The molecule has 0 saturated carbocycles. The summed E-state index contributed by atoms with van der Waals surface area (Å²) in [7, 11) is 0. The van der Waals surface area contributed by atoms with Gasteiger partial charge in [0, 0.05) is 22.5 Å². The predicted molar refractivity (Wildman–Crippen MR) is 80.3 cm³/mol. The number of nitrogens with zero attached hydrogens (tertiary/aromatic N) is 2. The minimum absolute atomic E-state index is 0.160. The van der Waals surface area contributed by atoms with Crippen molar-refractivity contribution in [1.29, 1.82) is 0 Å². The predicted octanol–water partition coefficient (Wildman–Crippen LogP) is 3.10. The molecule has 5 nitrogen and oxygen atoms in total. The molecule has 0 unspecified atom stereocenters. The molecule has 2 N–H and O–H groups in total. The van der Waals surface area contributed by atoms with E-state index in [1.54, 1.807) is 6.07 Å². The zero-order valence-corrected chi connectivity index (χ0v) is 12.1. The largest absolute Gasteiger partial charge is 0.507 e. The molecule has 20 heavy (non-hydrogen) atoms. The number of H-pyrrole nitrogens is 1. The van der Waals surface area contributed by atoms with E-state index in [1.807, 2.05) is 30.3 Å². The molecule has 0 amide bonds. The van der Waals surface area contributed by atoms with Crippen LogP contribution >= 0.6 is 15.9 Å². The summed E-state index contributed by atoms with van der Waals surface area (Å²) in [6.07, 6.45) is 0. The van der Waals surface area contributed by atoms with Gasteiger partial charge in [-0.3, -0.25) is 5.10 Å². The Bertz CT molecular complexity index is 742. The van der Waals surface area contributed by atoms with Crippen molar-refractivity contribution >= 4 is 27.0 Å². The summed E-state index contributed by atoms with van der Waals surface area (Å²) < 4.78 is 5.46. The van der Waals surface area contributed by atoms with Gasteiger partial charge in [0.25, 0.3) is 0 Å². The van der Waals surface area contributed by atoms with E-state index >= 15 is 0 Å². The fourth-order valence-corrected chi connectivity index (χ4v) is 2.23. The van der Waals surface area contributed by atoms with E-state index < -0.39 is 0 Å². The number of alkyl halides is 1. The van der Waals surface area contributed by atoms with Crippen LogP contribution in [0.5, 0.6) is 11.5 Å². The lowest BCUT2D eigenvalue weighted by atomic mass is 10.0. The molecule has 0 bridgehead atoms. The van der Waals surface area contributed by atoms with E-state index in [9.17, 15) is 5.11 Å². The van der Waals surface area contributed by atoms with Gasteiger partial charge in [0.1, 0.15) is 17.0 Å². The molecular weight excluding hydrogens is 322 g/mol. The molecule has 3 aromatic rings. The Morgan fingerprint density at radius 2 is 2.10 bits per heavy atom. The van der Waals surface area contributed by atoms with Gasteiger partial charge in [-0.15, -0.1) is 5.10 Å². The van der Waals surface area contributed by atoms with Crippen LogP contribution < -0.4 is 4.74 Å². The monoisotopic (exact) mass is 333 g/mol. The zero-order chi connectivity index (χ0) is 13.9. The molecule has 1 aromatic heterocycles. The van der Waals surface area contributed by atoms with Crippen molar-refractivity contribution in [3.63, 3.8) is 0 Å². The molecule has 0 saturated heterocycles. The maximum absolute atomic E-state index is 10.2. The first-order valence-corrected chi connectivity index (χ1v) is 7.23. The number of aromatic nitrogens is 3. The molecule has 1 heterocycles. The highest BCUT2D eigenvalue weighted by atomic mass is 79.9. The van der Waals surface area contributed by atoms with E-state index in [0.717, 1.165) is 21.9 Å². The molecule has 0 aliphatic rings. The van der Waals surface area contributed by atoms with Crippen molar-refractivity contribution in [1.82, 2.24) is 15.4 Å². The minimum atomic E-state index is 0.160. The van der Waals surface area contributed by atoms with Gasteiger partial charge in [-0.05, 0) is 18.2 Å². The van der Waals surface area contributed by atoms with Gasteiger partial charge < -0.3 is 9.84 Å². The number of ether oxygens (including phenoxy) is 1. The molecule has 0 radical (unpaired) electrons. The Balaban J connectivity index is 2.04. The summed E-state index contributed by atoms with van der Waals surface area (Å²) in [5, 5.41) is 21.6. The van der Waals surface area contributed by atoms with E-state index in [-0.39, 0.29) is 5.75 Å². The number of aromatic hydroxyl groups is 1. The fraction of sp³-hybridized carbons (Fsp3) is 0.143. The average Bonchev–Trinajstić information content (AvgIpc) is 2.94. The first-order chi connectivity index (χ1) is 9.79. The molecule has 0 aliphatic heterocycles. The quantitative estimate of drug-likeness (QED) is 0.719. The minimum Gasteiger partial charge on any atom is -0.507 e. The number of halogens is 1. The van der Waals surface area contributed by atoms with Crippen molar-refractivity contribution in [3.8, 4) is 22.6 Å². The second-order valence-electron chi connectivity index (χ2n) is 4.23. The first kappa shape index (κ1) is 12.9. The summed E-state index contributed by atoms with van der Waals surface area (Å²) >= 11 is 3.29. The SMILES string of the molecule is Oc1cc(OCCBr)ccc1-c1cccc2[nH]nnc12. The molecule has 6 heteroatoms. The van der Waals surface area contributed by atoms with E-state index in [2.05, 4.69) is 31.3 Å².